The average molecular weight is 384 g/mol. The lowest BCUT2D eigenvalue weighted by molar-refractivity contribution is -0.150. The summed E-state index contributed by atoms with van der Waals surface area (Å²) in [5.41, 5.74) is 1.38. The van der Waals surface area contributed by atoms with Crippen LogP contribution in [-0.2, 0) is 20.9 Å². The number of amides is 2. The van der Waals surface area contributed by atoms with Crippen LogP contribution in [0.5, 0.6) is 5.75 Å². The molecule has 0 radical (unpaired) electrons. The molecule has 0 bridgehead atoms. The van der Waals surface area contributed by atoms with Crippen molar-refractivity contribution < 1.29 is 23.9 Å². The first-order chi connectivity index (χ1) is 13.5. The van der Waals surface area contributed by atoms with Gasteiger partial charge in [-0.25, -0.2) is 0 Å². The number of hydrogen-bond acceptors (Lipinski definition) is 5. The molecule has 2 aromatic carbocycles. The molecular weight excluding hydrogens is 360 g/mol. The molecule has 28 heavy (non-hydrogen) atoms. The van der Waals surface area contributed by atoms with Gasteiger partial charge in [0.15, 0.2) is 6.61 Å². The van der Waals surface area contributed by atoms with Crippen LogP contribution in [0.15, 0.2) is 54.6 Å². The predicted molar refractivity (Wildman–Crippen MR) is 104 cm³/mol. The average Bonchev–Trinajstić information content (AvgIpc) is 2.72. The van der Waals surface area contributed by atoms with Gasteiger partial charge in [-0.2, -0.15) is 0 Å². The molecule has 0 aliphatic heterocycles. The molecule has 2 rings (SSSR count). The molecule has 0 fully saturated rings. The molecule has 7 heteroatoms. The summed E-state index contributed by atoms with van der Waals surface area (Å²) in [4.78, 5) is 37.2. The van der Waals surface area contributed by atoms with Crippen LogP contribution in [0.1, 0.15) is 22.8 Å². The fourth-order valence-corrected chi connectivity index (χ4v) is 2.37. The van der Waals surface area contributed by atoms with Gasteiger partial charge in [0.1, 0.15) is 12.3 Å². The third-order valence-electron chi connectivity index (χ3n) is 3.87. The van der Waals surface area contributed by atoms with Gasteiger partial charge in [0.05, 0.1) is 6.61 Å². The van der Waals surface area contributed by atoms with Gasteiger partial charge in [-0.05, 0) is 36.8 Å². The number of ether oxygens (including phenoxy) is 2. The van der Waals surface area contributed by atoms with E-state index in [1.54, 1.807) is 37.4 Å². The highest BCUT2D eigenvalue weighted by Crippen LogP contribution is 2.13. The minimum absolute atomic E-state index is 0.302. The summed E-state index contributed by atoms with van der Waals surface area (Å²) >= 11 is 0. The fourth-order valence-electron chi connectivity index (χ4n) is 2.37. The molecule has 0 heterocycles. The molecule has 2 amide bonds. The first-order valence-corrected chi connectivity index (χ1v) is 8.94. The van der Waals surface area contributed by atoms with Crippen LogP contribution in [-0.4, -0.2) is 49.5 Å². The maximum Gasteiger partial charge on any atom is 0.325 e. The molecule has 1 N–H and O–H groups in total. The summed E-state index contributed by atoms with van der Waals surface area (Å²) < 4.78 is 10.3. The van der Waals surface area contributed by atoms with Crippen molar-refractivity contribution >= 4 is 17.8 Å². The zero-order valence-electron chi connectivity index (χ0n) is 16.0. The monoisotopic (exact) mass is 384 g/mol. The third-order valence-corrected chi connectivity index (χ3v) is 3.87. The van der Waals surface area contributed by atoms with Crippen molar-refractivity contribution in [3.05, 3.63) is 65.7 Å². The molecule has 0 unspecified atom stereocenters. The number of carbonyl (C=O) groups excluding carboxylic acids is 3. The normalized spacial score (nSPS) is 10.1. The fraction of sp³-hybridized carbons (Fsp3) is 0.286. The molecule has 0 saturated heterocycles. The van der Waals surface area contributed by atoms with Crippen molar-refractivity contribution in [3.8, 4) is 5.75 Å². The van der Waals surface area contributed by atoms with E-state index in [1.807, 2.05) is 31.2 Å². The van der Waals surface area contributed by atoms with Gasteiger partial charge in [-0.1, -0.05) is 30.3 Å². The molecule has 2 aromatic rings. The quantitative estimate of drug-likeness (QED) is 0.669. The second kappa shape index (κ2) is 10.7. The Balaban J connectivity index is 1.71. The highest BCUT2D eigenvalue weighted by molar-refractivity contribution is 5.96. The van der Waals surface area contributed by atoms with Gasteiger partial charge in [0.2, 0.25) is 0 Å². The van der Waals surface area contributed by atoms with Crippen LogP contribution in [0.4, 0.5) is 0 Å². The first kappa shape index (κ1) is 21.0. The number of nitrogens with zero attached hydrogens (tertiary/aromatic N) is 1. The van der Waals surface area contributed by atoms with Crippen LogP contribution >= 0.6 is 0 Å². The van der Waals surface area contributed by atoms with Crippen molar-refractivity contribution in [2.45, 2.75) is 13.5 Å². The van der Waals surface area contributed by atoms with Crippen molar-refractivity contribution in [1.29, 1.82) is 0 Å². The van der Waals surface area contributed by atoms with Crippen LogP contribution in [0, 0.1) is 0 Å². The highest BCUT2D eigenvalue weighted by atomic mass is 16.5. The molecule has 7 nitrogen and oxygen atoms in total. The lowest BCUT2D eigenvalue weighted by Crippen LogP contribution is -2.34. The Labute approximate surface area is 164 Å². The van der Waals surface area contributed by atoms with Crippen LogP contribution < -0.4 is 10.1 Å². The van der Waals surface area contributed by atoms with Crippen molar-refractivity contribution in [3.63, 3.8) is 0 Å². The molecule has 0 atom stereocenters. The number of benzene rings is 2. The minimum Gasteiger partial charge on any atom is -0.494 e. The Morgan fingerprint density at radius 1 is 1.00 bits per heavy atom. The molecule has 0 spiro atoms. The summed E-state index contributed by atoms with van der Waals surface area (Å²) in [6.45, 7) is 2.20. The topological polar surface area (TPSA) is 84.9 Å². The van der Waals surface area contributed by atoms with E-state index in [0.29, 0.717) is 18.7 Å². The van der Waals surface area contributed by atoms with Crippen LogP contribution in [0.2, 0.25) is 0 Å². The van der Waals surface area contributed by atoms with Gasteiger partial charge >= 0.3 is 5.97 Å². The smallest absolute Gasteiger partial charge is 0.325 e. The molecular formula is C21H24N2O5. The number of hydrogen-bond donors (Lipinski definition) is 1. The predicted octanol–water partition coefficient (Wildman–Crippen LogP) is 2.02. The van der Waals surface area contributed by atoms with Gasteiger partial charge in [0, 0.05) is 19.2 Å². The summed E-state index contributed by atoms with van der Waals surface area (Å²) in [6, 6.07) is 16.0. The second-order valence-corrected chi connectivity index (χ2v) is 6.04. The molecule has 148 valence electrons. The van der Waals surface area contributed by atoms with Crippen molar-refractivity contribution in [2.75, 3.05) is 26.8 Å². The molecule has 0 saturated carbocycles. The van der Waals surface area contributed by atoms with Gasteiger partial charge < -0.3 is 19.7 Å². The van der Waals surface area contributed by atoms with Crippen molar-refractivity contribution in [2.24, 2.45) is 0 Å². The van der Waals surface area contributed by atoms with E-state index in [9.17, 15) is 14.4 Å². The van der Waals surface area contributed by atoms with E-state index >= 15 is 0 Å². The van der Waals surface area contributed by atoms with E-state index in [4.69, 9.17) is 9.47 Å². The first-order valence-electron chi connectivity index (χ1n) is 8.94. The van der Waals surface area contributed by atoms with E-state index in [0.717, 1.165) is 11.3 Å². The molecule has 0 aliphatic carbocycles. The Hall–Kier alpha value is -3.35. The SMILES string of the molecule is CCOc1ccc(CN(C)C(=O)COC(=O)CNC(=O)c2ccccc2)cc1. The van der Waals surface area contributed by atoms with E-state index in [2.05, 4.69) is 5.32 Å². The number of likely N-dealkylation sites (N-methyl/N-ethyl adjacent to an activating group) is 1. The van der Waals surface area contributed by atoms with E-state index < -0.39 is 5.97 Å². The maximum absolute atomic E-state index is 12.1. The number of carbonyl (C=O) groups is 3. The third kappa shape index (κ3) is 6.75. The van der Waals surface area contributed by atoms with Crippen molar-refractivity contribution in [1.82, 2.24) is 10.2 Å². The zero-order chi connectivity index (χ0) is 20.4. The van der Waals surface area contributed by atoms with Gasteiger partial charge in [0.25, 0.3) is 11.8 Å². The molecule has 0 aromatic heterocycles. The largest absolute Gasteiger partial charge is 0.494 e. The Kier molecular flexibility index (Phi) is 8.02. The Morgan fingerprint density at radius 3 is 2.32 bits per heavy atom. The Bertz CT molecular complexity index is 790. The summed E-state index contributed by atoms with van der Waals surface area (Å²) in [7, 11) is 1.63. The van der Waals surface area contributed by atoms with E-state index in [-0.39, 0.29) is 25.0 Å². The number of esters is 1. The van der Waals surface area contributed by atoms with Crippen LogP contribution in [0.3, 0.4) is 0 Å². The van der Waals surface area contributed by atoms with Crippen LogP contribution in [0.25, 0.3) is 0 Å². The molecule has 0 aliphatic rings. The van der Waals surface area contributed by atoms with E-state index in [1.165, 1.54) is 4.90 Å². The summed E-state index contributed by atoms with van der Waals surface area (Å²) in [5.74, 6) is -0.619. The lowest BCUT2D eigenvalue weighted by Gasteiger charge is -2.17. The lowest BCUT2D eigenvalue weighted by atomic mass is 10.2. The number of rotatable bonds is 9. The highest BCUT2D eigenvalue weighted by Gasteiger charge is 2.14. The minimum atomic E-state index is -0.674. The van der Waals surface area contributed by atoms with Gasteiger partial charge in [-0.15, -0.1) is 0 Å². The summed E-state index contributed by atoms with van der Waals surface area (Å²) in [5, 5.41) is 2.46. The summed E-state index contributed by atoms with van der Waals surface area (Å²) in [6.07, 6.45) is 0. The second-order valence-electron chi connectivity index (χ2n) is 6.04. The zero-order valence-corrected chi connectivity index (χ0v) is 16.0. The standard InChI is InChI=1S/C21H24N2O5/c1-3-27-18-11-9-16(10-12-18)14-23(2)19(24)15-28-20(25)13-22-21(26)17-7-5-4-6-8-17/h4-12H,3,13-15H2,1-2H3,(H,22,26). The Morgan fingerprint density at radius 2 is 1.68 bits per heavy atom. The number of nitrogens with one attached hydrogen (secondary N) is 1. The van der Waals surface area contributed by atoms with Gasteiger partial charge in [-0.3, -0.25) is 14.4 Å². The maximum atomic E-state index is 12.1.